The van der Waals surface area contributed by atoms with Crippen LogP contribution in [0.4, 0.5) is 20.6 Å². The largest absolute Gasteiger partial charge is 0.493 e. The minimum atomic E-state index is -0.993. The number of nitro groups is 1. The van der Waals surface area contributed by atoms with Crippen LogP contribution in [0, 0.1) is 15.9 Å². The Morgan fingerprint density at radius 1 is 1.10 bits per heavy atom. The molecule has 198 valence electrons. The number of hydrogen-bond acceptors (Lipinski definition) is 7. The van der Waals surface area contributed by atoms with Gasteiger partial charge in [0.2, 0.25) is 0 Å². The quantitative estimate of drug-likeness (QED) is 0.139. The van der Waals surface area contributed by atoms with Crippen molar-refractivity contribution in [2.24, 2.45) is 0 Å². The first-order valence-electron chi connectivity index (χ1n) is 11.6. The average Bonchev–Trinajstić information content (AvgIpc) is 2.90. The van der Waals surface area contributed by atoms with Crippen LogP contribution < -0.4 is 19.7 Å². The number of halogens is 1. The fraction of sp³-hybridized carbons (Fsp3) is 0.107. The smallest absolute Gasteiger partial charge is 0.335 e. The van der Waals surface area contributed by atoms with Crippen molar-refractivity contribution in [1.29, 1.82) is 0 Å². The first kappa shape index (κ1) is 26.7. The number of carbonyl (C=O) groups excluding carboxylic acids is 3. The van der Waals surface area contributed by atoms with E-state index in [1.807, 2.05) is 0 Å². The summed E-state index contributed by atoms with van der Waals surface area (Å²) in [6.07, 6.45) is 3.27. The molecule has 0 unspecified atom stereocenters. The van der Waals surface area contributed by atoms with E-state index in [0.717, 1.165) is 12.1 Å². The standard InChI is InChI=1S/C28H22FN3O7/c1-3-5-19-12-18(14-24(38-2)25(19)39-16-17-8-10-21(11-9-17)32(36)37)13-23-26(33)30-28(35)31(27(23)34)22-7-4-6-20(29)15-22/h3-4,6-15H,1,5,16H2,2H3,(H,30,33,35)/b23-13+. The number of amides is 4. The van der Waals surface area contributed by atoms with Gasteiger partial charge in [0.05, 0.1) is 17.7 Å². The van der Waals surface area contributed by atoms with Crippen LogP contribution in [0.15, 0.2) is 78.9 Å². The first-order chi connectivity index (χ1) is 18.7. The molecule has 0 spiro atoms. The van der Waals surface area contributed by atoms with Crippen LogP contribution in [0.2, 0.25) is 0 Å². The van der Waals surface area contributed by atoms with Crippen molar-refractivity contribution in [2.45, 2.75) is 13.0 Å². The number of nitro benzene ring substituents is 1. The molecule has 0 atom stereocenters. The van der Waals surface area contributed by atoms with E-state index in [4.69, 9.17) is 9.47 Å². The number of allylic oxidation sites excluding steroid dienone is 1. The predicted octanol–water partition coefficient (Wildman–Crippen LogP) is 4.72. The van der Waals surface area contributed by atoms with E-state index in [1.165, 1.54) is 37.5 Å². The van der Waals surface area contributed by atoms with Crippen molar-refractivity contribution < 1.29 is 33.2 Å². The third kappa shape index (κ3) is 5.82. The number of carbonyl (C=O) groups is 3. The van der Waals surface area contributed by atoms with Crippen LogP contribution >= 0.6 is 0 Å². The zero-order valence-electron chi connectivity index (χ0n) is 20.7. The Kier molecular flexibility index (Phi) is 7.80. The van der Waals surface area contributed by atoms with Gasteiger partial charge in [-0.25, -0.2) is 14.1 Å². The van der Waals surface area contributed by atoms with E-state index in [9.17, 15) is 28.9 Å². The zero-order chi connectivity index (χ0) is 28.1. The molecular formula is C28H22FN3O7. The number of nitrogens with one attached hydrogen (secondary N) is 1. The molecule has 0 aliphatic carbocycles. The SMILES string of the molecule is C=CCc1cc(/C=C2\C(=O)NC(=O)N(c3cccc(F)c3)C2=O)cc(OC)c1OCc1ccc([N+](=O)[O-])cc1. The molecule has 4 amide bonds. The minimum absolute atomic E-state index is 0.0316. The maximum Gasteiger partial charge on any atom is 0.335 e. The van der Waals surface area contributed by atoms with Crippen LogP contribution in [0.25, 0.3) is 6.08 Å². The van der Waals surface area contributed by atoms with Gasteiger partial charge in [-0.2, -0.15) is 0 Å². The molecular weight excluding hydrogens is 509 g/mol. The molecule has 0 bridgehead atoms. The Labute approximate surface area is 222 Å². The number of anilines is 1. The number of benzene rings is 3. The molecule has 3 aromatic carbocycles. The second-order valence-electron chi connectivity index (χ2n) is 8.35. The molecule has 3 aromatic rings. The summed E-state index contributed by atoms with van der Waals surface area (Å²) in [5.41, 5.74) is 1.30. The highest BCUT2D eigenvalue weighted by Crippen LogP contribution is 2.35. The summed E-state index contributed by atoms with van der Waals surface area (Å²) in [7, 11) is 1.42. The Morgan fingerprint density at radius 2 is 1.85 bits per heavy atom. The maximum atomic E-state index is 13.7. The summed E-state index contributed by atoms with van der Waals surface area (Å²) < 4.78 is 25.2. The van der Waals surface area contributed by atoms with E-state index in [2.05, 4.69) is 11.9 Å². The number of urea groups is 1. The van der Waals surface area contributed by atoms with E-state index in [0.29, 0.717) is 39.5 Å². The Hall–Kier alpha value is -5.32. The predicted molar refractivity (Wildman–Crippen MR) is 140 cm³/mol. The molecule has 1 aliphatic rings. The molecule has 4 rings (SSSR count). The number of hydrogen-bond donors (Lipinski definition) is 1. The molecule has 1 heterocycles. The van der Waals surface area contributed by atoms with Crippen molar-refractivity contribution in [3.8, 4) is 11.5 Å². The summed E-state index contributed by atoms with van der Waals surface area (Å²) in [6, 6.07) is 13.0. The fourth-order valence-corrected chi connectivity index (χ4v) is 3.93. The second kappa shape index (κ2) is 11.4. The van der Waals surface area contributed by atoms with Crippen molar-refractivity contribution in [3.63, 3.8) is 0 Å². The summed E-state index contributed by atoms with van der Waals surface area (Å²) in [6.45, 7) is 3.84. The van der Waals surface area contributed by atoms with E-state index >= 15 is 0 Å². The van der Waals surface area contributed by atoms with Gasteiger partial charge >= 0.3 is 6.03 Å². The highest BCUT2D eigenvalue weighted by atomic mass is 19.1. The average molecular weight is 531 g/mol. The molecule has 0 aromatic heterocycles. The lowest BCUT2D eigenvalue weighted by atomic mass is 10.0. The molecule has 0 saturated carbocycles. The van der Waals surface area contributed by atoms with Crippen LogP contribution in [0.3, 0.4) is 0 Å². The number of barbiturate groups is 1. The minimum Gasteiger partial charge on any atom is -0.493 e. The van der Waals surface area contributed by atoms with Crippen LogP contribution in [0.1, 0.15) is 16.7 Å². The van der Waals surface area contributed by atoms with Crippen LogP contribution in [-0.2, 0) is 22.6 Å². The van der Waals surface area contributed by atoms with Gasteiger partial charge in [-0.1, -0.05) is 12.1 Å². The summed E-state index contributed by atoms with van der Waals surface area (Å²) in [5, 5.41) is 13.0. The molecule has 10 nitrogen and oxygen atoms in total. The lowest BCUT2D eigenvalue weighted by Gasteiger charge is -2.26. The fourth-order valence-electron chi connectivity index (χ4n) is 3.93. The van der Waals surface area contributed by atoms with Crippen molar-refractivity contribution >= 4 is 35.3 Å². The van der Waals surface area contributed by atoms with Gasteiger partial charge in [-0.05, 0) is 66.1 Å². The summed E-state index contributed by atoms with van der Waals surface area (Å²) >= 11 is 0. The molecule has 39 heavy (non-hydrogen) atoms. The van der Waals surface area contributed by atoms with Gasteiger partial charge in [0.1, 0.15) is 18.0 Å². The van der Waals surface area contributed by atoms with E-state index in [1.54, 1.807) is 30.3 Å². The summed E-state index contributed by atoms with van der Waals surface area (Å²) in [4.78, 5) is 49.2. The van der Waals surface area contributed by atoms with Crippen molar-refractivity contribution in [1.82, 2.24) is 5.32 Å². The lowest BCUT2D eigenvalue weighted by Crippen LogP contribution is -2.54. The topological polar surface area (TPSA) is 128 Å². The van der Waals surface area contributed by atoms with Crippen molar-refractivity contribution in [3.05, 3.63) is 112 Å². The third-order valence-corrected chi connectivity index (χ3v) is 5.75. The van der Waals surface area contributed by atoms with Gasteiger partial charge in [0.15, 0.2) is 11.5 Å². The monoisotopic (exact) mass is 531 g/mol. The van der Waals surface area contributed by atoms with Gasteiger partial charge in [0.25, 0.3) is 17.5 Å². The Bertz CT molecular complexity index is 1520. The van der Waals surface area contributed by atoms with Crippen LogP contribution in [-0.4, -0.2) is 29.9 Å². The number of nitrogens with zero attached hydrogens (tertiary/aromatic N) is 2. The Morgan fingerprint density at radius 3 is 2.49 bits per heavy atom. The lowest BCUT2D eigenvalue weighted by molar-refractivity contribution is -0.384. The summed E-state index contributed by atoms with van der Waals surface area (Å²) in [5.74, 6) is -1.80. The van der Waals surface area contributed by atoms with E-state index in [-0.39, 0.29) is 23.6 Å². The Balaban J connectivity index is 1.67. The molecule has 1 aliphatic heterocycles. The van der Waals surface area contributed by atoms with Gasteiger partial charge in [-0.15, -0.1) is 6.58 Å². The van der Waals surface area contributed by atoms with Gasteiger partial charge in [0, 0.05) is 17.7 Å². The number of non-ortho nitro benzene ring substituents is 1. The molecule has 0 radical (unpaired) electrons. The number of methoxy groups -OCH3 is 1. The number of imide groups is 2. The maximum absolute atomic E-state index is 13.7. The second-order valence-corrected chi connectivity index (χ2v) is 8.35. The molecule has 1 fully saturated rings. The highest BCUT2D eigenvalue weighted by molar-refractivity contribution is 6.39. The number of rotatable bonds is 9. The molecule has 1 saturated heterocycles. The van der Waals surface area contributed by atoms with Gasteiger partial charge < -0.3 is 9.47 Å². The van der Waals surface area contributed by atoms with E-state index < -0.39 is 28.6 Å². The van der Waals surface area contributed by atoms with Gasteiger partial charge in [-0.3, -0.25) is 25.0 Å². The molecule has 11 heteroatoms. The van der Waals surface area contributed by atoms with Crippen molar-refractivity contribution in [2.75, 3.05) is 12.0 Å². The first-order valence-corrected chi connectivity index (χ1v) is 11.6. The molecule has 1 N–H and O–H groups in total. The normalized spacial score (nSPS) is 14.3. The van der Waals surface area contributed by atoms with Crippen LogP contribution in [0.5, 0.6) is 11.5 Å². The zero-order valence-corrected chi connectivity index (χ0v) is 20.7. The third-order valence-electron chi connectivity index (χ3n) is 5.75. The highest BCUT2D eigenvalue weighted by Gasteiger charge is 2.37. The number of ether oxygens (including phenoxy) is 2.